The average molecular weight is 490 g/mol. The van der Waals surface area contributed by atoms with E-state index in [9.17, 15) is 9.18 Å². The van der Waals surface area contributed by atoms with Gasteiger partial charge in [-0.2, -0.15) is 0 Å². The number of nitrogens with zero attached hydrogens (tertiary/aromatic N) is 2. The van der Waals surface area contributed by atoms with Crippen LogP contribution in [0.5, 0.6) is 0 Å². The normalized spacial score (nSPS) is 19.1. The van der Waals surface area contributed by atoms with Gasteiger partial charge in [0.1, 0.15) is 5.82 Å². The van der Waals surface area contributed by atoms with Gasteiger partial charge in [-0.3, -0.25) is 4.99 Å². The number of guanidine groups is 1. The monoisotopic (exact) mass is 490 g/mol. The quantitative estimate of drug-likeness (QED) is 0.387. The van der Waals surface area contributed by atoms with Crippen molar-refractivity contribution in [2.24, 2.45) is 4.99 Å². The highest BCUT2D eigenvalue weighted by Gasteiger charge is 2.45. The Morgan fingerprint density at radius 1 is 1.33 bits per heavy atom. The second-order valence-corrected chi connectivity index (χ2v) is 7.06. The maximum absolute atomic E-state index is 14.1. The molecule has 0 unspecified atom stereocenters. The van der Waals surface area contributed by atoms with Crippen molar-refractivity contribution in [3.05, 3.63) is 35.6 Å². The van der Waals surface area contributed by atoms with Crippen molar-refractivity contribution in [2.45, 2.75) is 37.1 Å². The molecule has 1 aliphatic carbocycles. The van der Waals surface area contributed by atoms with Gasteiger partial charge in [0.15, 0.2) is 5.96 Å². The van der Waals surface area contributed by atoms with Crippen LogP contribution in [0, 0.1) is 5.82 Å². The lowest BCUT2D eigenvalue weighted by molar-refractivity contribution is 0.111. The Labute approximate surface area is 177 Å². The fourth-order valence-corrected chi connectivity index (χ4v) is 3.56. The second kappa shape index (κ2) is 9.57. The number of amides is 1. The summed E-state index contributed by atoms with van der Waals surface area (Å²) in [6, 6.07) is 7.27. The van der Waals surface area contributed by atoms with Crippen LogP contribution in [-0.2, 0) is 10.2 Å². The van der Waals surface area contributed by atoms with Crippen molar-refractivity contribution in [2.75, 3.05) is 33.8 Å². The van der Waals surface area contributed by atoms with Gasteiger partial charge in [0.05, 0.1) is 7.11 Å². The molecule has 1 amide bonds. The zero-order valence-corrected chi connectivity index (χ0v) is 18.2. The summed E-state index contributed by atoms with van der Waals surface area (Å²) < 4.78 is 18.9. The first-order valence-corrected chi connectivity index (χ1v) is 9.13. The number of aliphatic imine (C=N–C) groups is 1. The summed E-state index contributed by atoms with van der Waals surface area (Å²) in [5, 5.41) is 6.77. The Morgan fingerprint density at radius 3 is 2.56 bits per heavy atom. The largest absolute Gasteiger partial charge is 0.453 e. The maximum atomic E-state index is 14.1. The number of methoxy groups -OCH3 is 1. The summed E-state index contributed by atoms with van der Waals surface area (Å²) in [6.07, 6.45) is 3.37. The standard InChI is InChI=1S/C19H27FN4O2.HI/c1-21-17(23-14-7-11-24(12-8-14)18(25)26-2)22-13-19(9-10-19)15-5-3-4-6-16(15)20;/h3-6,14H,7-13H2,1-2H3,(H2,21,22,23);1H. The number of carbonyl (C=O) groups is 1. The minimum Gasteiger partial charge on any atom is -0.453 e. The molecule has 0 aromatic heterocycles. The van der Waals surface area contributed by atoms with Crippen molar-refractivity contribution in [3.63, 3.8) is 0 Å². The topological polar surface area (TPSA) is 66.0 Å². The molecular formula is C19H28FIN4O2. The number of halogens is 2. The number of piperidine rings is 1. The first-order chi connectivity index (χ1) is 12.6. The predicted molar refractivity (Wildman–Crippen MR) is 114 cm³/mol. The summed E-state index contributed by atoms with van der Waals surface area (Å²) in [5.41, 5.74) is 0.659. The van der Waals surface area contributed by atoms with Crippen LogP contribution in [0.3, 0.4) is 0 Å². The van der Waals surface area contributed by atoms with Gasteiger partial charge < -0.3 is 20.3 Å². The van der Waals surface area contributed by atoms with Crippen LogP contribution in [0.4, 0.5) is 9.18 Å². The van der Waals surface area contributed by atoms with E-state index in [4.69, 9.17) is 4.74 Å². The summed E-state index contributed by atoms with van der Waals surface area (Å²) in [7, 11) is 3.14. The van der Waals surface area contributed by atoms with E-state index in [0.717, 1.165) is 37.2 Å². The van der Waals surface area contributed by atoms with Crippen LogP contribution in [0.1, 0.15) is 31.2 Å². The molecule has 1 saturated carbocycles. The molecule has 0 bridgehead atoms. The average Bonchev–Trinajstić information content (AvgIpc) is 3.46. The van der Waals surface area contributed by atoms with Gasteiger partial charge in [0.2, 0.25) is 0 Å². The van der Waals surface area contributed by atoms with E-state index in [2.05, 4.69) is 15.6 Å². The van der Waals surface area contributed by atoms with Crippen LogP contribution >= 0.6 is 24.0 Å². The molecule has 2 N–H and O–H groups in total. The highest BCUT2D eigenvalue weighted by molar-refractivity contribution is 14.0. The fourth-order valence-electron chi connectivity index (χ4n) is 3.56. The van der Waals surface area contributed by atoms with E-state index in [1.165, 1.54) is 13.2 Å². The lowest BCUT2D eigenvalue weighted by Gasteiger charge is -2.32. The third-order valence-electron chi connectivity index (χ3n) is 5.39. The number of carbonyl (C=O) groups excluding carboxylic acids is 1. The number of rotatable bonds is 4. The van der Waals surface area contributed by atoms with Gasteiger partial charge in [0, 0.05) is 38.1 Å². The Balaban J connectivity index is 0.00000261. The van der Waals surface area contributed by atoms with E-state index in [0.29, 0.717) is 19.6 Å². The smallest absolute Gasteiger partial charge is 0.409 e. The van der Waals surface area contributed by atoms with Crippen molar-refractivity contribution in [1.82, 2.24) is 15.5 Å². The maximum Gasteiger partial charge on any atom is 0.409 e. The SMILES string of the molecule is CN=C(NCC1(c2ccccc2F)CC1)NC1CCN(C(=O)OC)CC1.I. The molecule has 2 fully saturated rings. The number of benzene rings is 1. The van der Waals surface area contributed by atoms with E-state index in [1.807, 2.05) is 12.1 Å². The minimum atomic E-state index is -0.272. The molecule has 1 aromatic rings. The van der Waals surface area contributed by atoms with Crippen molar-refractivity contribution < 1.29 is 13.9 Å². The van der Waals surface area contributed by atoms with Gasteiger partial charge in [-0.1, -0.05) is 18.2 Å². The Kier molecular flexibility index (Phi) is 7.69. The van der Waals surface area contributed by atoms with Crippen LogP contribution < -0.4 is 10.6 Å². The zero-order chi connectivity index (χ0) is 18.6. The van der Waals surface area contributed by atoms with E-state index in [-0.39, 0.29) is 47.3 Å². The number of nitrogens with one attached hydrogen (secondary N) is 2. The molecule has 0 spiro atoms. The first kappa shape index (κ1) is 21.7. The summed E-state index contributed by atoms with van der Waals surface area (Å²) in [4.78, 5) is 17.6. The molecule has 1 saturated heterocycles. The molecule has 27 heavy (non-hydrogen) atoms. The third kappa shape index (κ3) is 5.24. The van der Waals surface area contributed by atoms with Crippen molar-refractivity contribution >= 4 is 36.0 Å². The Bertz CT molecular complexity index is 673. The van der Waals surface area contributed by atoms with Gasteiger partial charge >= 0.3 is 6.09 Å². The summed E-state index contributed by atoms with van der Waals surface area (Å²) in [5.74, 6) is 0.592. The van der Waals surface area contributed by atoms with Crippen molar-refractivity contribution in [1.29, 1.82) is 0 Å². The van der Waals surface area contributed by atoms with Gasteiger partial charge in [-0.25, -0.2) is 9.18 Å². The van der Waals surface area contributed by atoms with Crippen LogP contribution in [0.2, 0.25) is 0 Å². The Hall–Kier alpha value is -1.58. The van der Waals surface area contributed by atoms with Gasteiger partial charge in [-0.15, -0.1) is 24.0 Å². The third-order valence-corrected chi connectivity index (χ3v) is 5.39. The second-order valence-electron chi connectivity index (χ2n) is 7.06. The molecule has 8 heteroatoms. The molecule has 6 nitrogen and oxygen atoms in total. The lowest BCUT2D eigenvalue weighted by Crippen LogP contribution is -2.50. The highest BCUT2D eigenvalue weighted by atomic mass is 127. The van der Waals surface area contributed by atoms with Crippen LogP contribution in [-0.4, -0.2) is 56.8 Å². The fraction of sp³-hybridized carbons (Fsp3) is 0.579. The van der Waals surface area contributed by atoms with Gasteiger partial charge in [-0.05, 0) is 37.3 Å². The molecule has 1 heterocycles. The van der Waals surface area contributed by atoms with Crippen LogP contribution in [0.15, 0.2) is 29.3 Å². The number of hydrogen-bond acceptors (Lipinski definition) is 3. The predicted octanol–water partition coefficient (Wildman–Crippen LogP) is 2.87. The van der Waals surface area contributed by atoms with E-state index in [1.54, 1.807) is 18.0 Å². The van der Waals surface area contributed by atoms with Crippen LogP contribution in [0.25, 0.3) is 0 Å². The molecular weight excluding hydrogens is 462 g/mol. The molecule has 2 aliphatic rings. The summed E-state index contributed by atoms with van der Waals surface area (Å²) >= 11 is 0. The molecule has 1 aliphatic heterocycles. The number of ether oxygens (including phenoxy) is 1. The molecule has 3 rings (SSSR count). The zero-order valence-electron chi connectivity index (χ0n) is 15.8. The Morgan fingerprint density at radius 2 is 2.00 bits per heavy atom. The van der Waals surface area contributed by atoms with E-state index >= 15 is 0 Å². The summed E-state index contributed by atoms with van der Waals surface area (Å²) in [6.45, 7) is 2.00. The molecule has 1 aromatic carbocycles. The van der Waals surface area contributed by atoms with Gasteiger partial charge in [0.25, 0.3) is 0 Å². The van der Waals surface area contributed by atoms with Crippen molar-refractivity contribution in [3.8, 4) is 0 Å². The van der Waals surface area contributed by atoms with E-state index < -0.39 is 0 Å². The number of likely N-dealkylation sites (tertiary alicyclic amines) is 1. The lowest BCUT2D eigenvalue weighted by atomic mass is 9.95. The molecule has 0 radical (unpaired) electrons. The number of hydrogen-bond donors (Lipinski definition) is 2. The molecule has 150 valence electrons. The minimum absolute atomic E-state index is 0. The first-order valence-electron chi connectivity index (χ1n) is 9.13. The highest BCUT2D eigenvalue weighted by Crippen LogP contribution is 2.48. The molecule has 0 atom stereocenters.